The molecule has 0 aromatic heterocycles. The zero-order valence-electron chi connectivity index (χ0n) is 11.9. The van der Waals surface area contributed by atoms with Crippen LogP contribution < -0.4 is 10.1 Å². The van der Waals surface area contributed by atoms with E-state index < -0.39 is 9.84 Å². The molecule has 0 saturated carbocycles. The molecule has 108 valence electrons. The van der Waals surface area contributed by atoms with Crippen LogP contribution in [-0.2, 0) is 9.84 Å². The molecule has 0 aliphatic rings. The minimum atomic E-state index is -2.88. The van der Waals surface area contributed by atoms with Gasteiger partial charge >= 0.3 is 0 Å². The van der Waals surface area contributed by atoms with Gasteiger partial charge in [0.2, 0.25) is 0 Å². The highest BCUT2D eigenvalue weighted by Gasteiger charge is 2.05. The first-order valence-corrected chi connectivity index (χ1v) is 8.63. The van der Waals surface area contributed by atoms with Gasteiger partial charge in [0, 0.05) is 12.8 Å². The summed E-state index contributed by atoms with van der Waals surface area (Å²) in [5.74, 6) is 1.04. The molecule has 5 heteroatoms. The Labute approximate surface area is 116 Å². The third-order valence-corrected chi connectivity index (χ3v) is 3.64. The summed E-state index contributed by atoms with van der Waals surface area (Å²) in [4.78, 5) is 0. The predicted octanol–water partition coefficient (Wildman–Crippen LogP) is 2.63. The summed E-state index contributed by atoms with van der Waals surface area (Å²) in [7, 11) is -2.88. The first-order chi connectivity index (χ1) is 8.92. The number of sulfone groups is 1. The fourth-order valence-corrected chi connectivity index (χ4v) is 2.33. The molecular weight excluding hydrogens is 262 g/mol. The van der Waals surface area contributed by atoms with Crippen molar-refractivity contribution in [2.45, 2.75) is 26.7 Å². The van der Waals surface area contributed by atoms with Gasteiger partial charge in [0.25, 0.3) is 0 Å². The van der Waals surface area contributed by atoms with Crippen LogP contribution in [0.3, 0.4) is 0 Å². The quantitative estimate of drug-likeness (QED) is 0.746. The zero-order valence-corrected chi connectivity index (χ0v) is 12.7. The predicted molar refractivity (Wildman–Crippen MR) is 79.8 cm³/mol. The summed E-state index contributed by atoms with van der Waals surface area (Å²) in [5, 5.41) is 3.23. The lowest BCUT2D eigenvalue weighted by atomic mass is 10.2. The highest BCUT2D eigenvalue weighted by Crippen LogP contribution is 2.25. The highest BCUT2D eigenvalue weighted by atomic mass is 32.2. The van der Waals surface area contributed by atoms with Crippen LogP contribution in [0, 0.1) is 6.92 Å². The molecule has 0 aliphatic heterocycles. The van der Waals surface area contributed by atoms with E-state index in [0.29, 0.717) is 19.6 Å². The van der Waals surface area contributed by atoms with Crippen LogP contribution >= 0.6 is 0 Å². The molecule has 1 rings (SSSR count). The summed E-state index contributed by atoms with van der Waals surface area (Å²) in [6, 6.07) is 5.98. The fraction of sp³-hybridized carbons (Fsp3) is 0.571. The Morgan fingerprint density at radius 1 is 1.32 bits per heavy atom. The standard InChI is InChI=1S/C14H23NO3S/c1-4-9-18-14-11-12(2)6-7-13(14)15-8-5-10-19(3,16)17/h6-7,11,15H,4-5,8-10H2,1-3H3. The van der Waals surface area contributed by atoms with E-state index in [2.05, 4.69) is 12.2 Å². The third kappa shape index (κ3) is 6.47. The smallest absolute Gasteiger partial charge is 0.147 e. The van der Waals surface area contributed by atoms with E-state index in [9.17, 15) is 8.42 Å². The number of aryl methyl sites for hydroxylation is 1. The Morgan fingerprint density at radius 2 is 2.05 bits per heavy atom. The second-order valence-corrected chi connectivity index (χ2v) is 7.02. The Hall–Kier alpha value is -1.23. The summed E-state index contributed by atoms with van der Waals surface area (Å²) >= 11 is 0. The SMILES string of the molecule is CCCOc1cc(C)ccc1NCCCS(C)(=O)=O. The topological polar surface area (TPSA) is 55.4 Å². The largest absolute Gasteiger partial charge is 0.491 e. The lowest BCUT2D eigenvalue weighted by Crippen LogP contribution is -2.10. The number of anilines is 1. The average Bonchev–Trinajstić information content (AvgIpc) is 2.32. The first-order valence-electron chi connectivity index (χ1n) is 6.57. The molecule has 0 atom stereocenters. The molecule has 0 spiro atoms. The number of hydrogen-bond donors (Lipinski definition) is 1. The molecule has 19 heavy (non-hydrogen) atoms. The Bertz CT molecular complexity index is 497. The molecule has 0 bridgehead atoms. The van der Waals surface area contributed by atoms with Crippen LogP contribution in [0.5, 0.6) is 5.75 Å². The Morgan fingerprint density at radius 3 is 2.68 bits per heavy atom. The van der Waals surface area contributed by atoms with Crippen LogP contribution in [0.1, 0.15) is 25.3 Å². The second-order valence-electron chi connectivity index (χ2n) is 4.76. The van der Waals surface area contributed by atoms with Gasteiger partial charge in [-0.2, -0.15) is 0 Å². The van der Waals surface area contributed by atoms with Crippen molar-refractivity contribution in [3.05, 3.63) is 23.8 Å². The van der Waals surface area contributed by atoms with Gasteiger partial charge in [0.15, 0.2) is 0 Å². The van der Waals surface area contributed by atoms with Crippen molar-refractivity contribution in [3.8, 4) is 5.75 Å². The molecule has 1 aromatic carbocycles. The number of hydrogen-bond acceptors (Lipinski definition) is 4. The van der Waals surface area contributed by atoms with Gasteiger partial charge in [0.05, 0.1) is 18.0 Å². The number of rotatable bonds is 8. The molecule has 0 aliphatic carbocycles. The summed E-state index contributed by atoms with van der Waals surface area (Å²) in [5.41, 5.74) is 2.07. The maximum atomic E-state index is 11.0. The monoisotopic (exact) mass is 285 g/mol. The van der Waals surface area contributed by atoms with E-state index in [1.807, 2.05) is 25.1 Å². The van der Waals surface area contributed by atoms with Gasteiger partial charge in [-0.05, 0) is 37.5 Å². The summed E-state index contributed by atoms with van der Waals surface area (Å²) in [6.45, 7) is 5.39. The van der Waals surface area contributed by atoms with Crippen molar-refractivity contribution < 1.29 is 13.2 Å². The second kappa shape index (κ2) is 7.38. The van der Waals surface area contributed by atoms with Crippen LogP contribution in [-0.4, -0.2) is 33.6 Å². The van der Waals surface area contributed by atoms with Gasteiger partial charge in [-0.15, -0.1) is 0 Å². The zero-order chi connectivity index (χ0) is 14.3. The maximum Gasteiger partial charge on any atom is 0.147 e. The number of nitrogens with one attached hydrogen (secondary N) is 1. The van der Waals surface area contributed by atoms with Crippen LogP contribution in [0.2, 0.25) is 0 Å². The summed E-state index contributed by atoms with van der Waals surface area (Å²) in [6.07, 6.45) is 2.82. The lowest BCUT2D eigenvalue weighted by molar-refractivity contribution is 0.318. The number of ether oxygens (including phenoxy) is 1. The van der Waals surface area contributed by atoms with E-state index >= 15 is 0 Å². The fourth-order valence-electron chi connectivity index (χ4n) is 1.66. The molecule has 1 aromatic rings. The molecule has 4 nitrogen and oxygen atoms in total. The van der Waals surface area contributed by atoms with Crippen LogP contribution in [0.25, 0.3) is 0 Å². The molecule has 0 saturated heterocycles. The van der Waals surface area contributed by atoms with E-state index in [-0.39, 0.29) is 5.75 Å². The Balaban J connectivity index is 2.56. The van der Waals surface area contributed by atoms with Gasteiger partial charge in [-0.25, -0.2) is 8.42 Å². The van der Waals surface area contributed by atoms with E-state index in [1.54, 1.807) is 0 Å². The maximum absolute atomic E-state index is 11.0. The van der Waals surface area contributed by atoms with Gasteiger partial charge in [-0.1, -0.05) is 13.0 Å². The van der Waals surface area contributed by atoms with Crippen LogP contribution in [0.4, 0.5) is 5.69 Å². The average molecular weight is 285 g/mol. The van der Waals surface area contributed by atoms with Gasteiger partial charge in [-0.3, -0.25) is 0 Å². The van der Waals surface area contributed by atoms with Crippen molar-refractivity contribution in [1.29, 1.82) is 0 Å². The highest BCUT2D eigenvalue weighted by molar-refractivity contribution is 7.90. The minimum absolute atomic E-state index is 0.205. The van der Waals surface area contributed by atoms with Crippen molar-refractivity contribution >= 4 is 15.5 Å². The van der Waals surface area contributed by atoms with E-state index in [4.69, 9.17) is 4.74 Å². The summed E-state index contributed by atoms with van der Waals surface area (Å²) < 4.78 is 27.8. The minimum Gasteiger partial charge on any atom is -0.491 e. The van der Waals surface area contributed by atoms with Gasteiger partial charge in [0.1, 0.15) is 15.6 Å². The van der Waals surface area contributed by atoms with Crippen molar-refractivity contribution in [1.82, 2.24) is 0 Å². The normalized spacial score (nSPS) is 11.3. The molecule has 0 fully saturated rings. The molecule has 0 amide bonds. The molecule has 0 unspecified atom stereocenters. The molecule has 1 N–H and O–H groups in total. The van der Waals surface area contributed by atoms with Crippen LogP contribution in [0.15, 0.2) is 18.2 Å². The third-order valence-electron chi connectivity index (χ3n) is 2.61. The van der Waals surface area contributed by atoms with Crippen molar-refractivity contribution in [2.75, 3.05) is 30.5 Å². The number of benzene rings is 1. The van der Waals surface area contributed by atoms with Gasteiger partial charge < -0.3 is 10.1 Å². The van der Waals surface area contributed by atoms with Crippen molar-refractivity contribution in [3.63, 3.8) is 0 Å². The van der Waals surface area contributed by atoms with Crippen molar-refractivity contribution in [2.24, 2.45) is 0 Å². The molecule has 0 heterocycles. The first kappa shape index (κ1) is 15.8. The molecule has 0 radical (unpaired) electrons. The molecular formula is C14H23NO3S. The lowest BCUT2D eigenvalue weighted by Gasteiger charge is -2.13. The van der Waals surface area contributed by atoms with E-state index in [1.165, 1.54) is 6.26 Å². The Kier molecular flexibility index (Phi) is 6.15. The van der Waals surface area contributed by atoms with E-state index in [0.717, 1.165) is 23.4 Å².